The van der Waals surface area contributed by atoms with Gasteiger partial charge in [-0.2, -0.15) is 0 Å². The van der Waals surface area contributed by atoms with Crippen LogP contribution in [0.2, 0.25) is 0 Å². The van der Waals surface area contributed by atoms with Crippen LogP contribution in [0.15, 0.2) is 42.5 Å². The molecule has 1 aliphatic carbocycles. The molecule has 2 aromatic carbocycles. The average molecular weight is 394 g/mol. The van der Waals surface area contributed by atoms with E-state index in [1.807, 2.05) is 50.2 Å². The Labute approximate surface area is 173 Å². The molecule has 2 aromatic rings. The zero-order valence-electron chi connectivity index (χ0n) is 17.8. The maximum atomic E-state index is 12.6. The standard InChI is InChI=1S/C24H31N3O2/c1-5-27(6-2)19-11-12-22(17(4)13-19)26-24(29)21-14-20(21)23(28)25-15-18-10-8-7-9-16(18)3/h7-13,20-21H,5-6,14-15H2,1-4H3,(H,25,28)(H,26,29). The summed E-state index contributed by atoms with van der Waals surface area (Å²) in [5.41, 5.74) is 5.26. The van der Waals surface area contributed by atoms with Gasteiger partial charge < -0.3 is 15.5 Å². The van der Waals surface area contributed by atoms with Crippen LogP contribution in [0.5, 0.6) is 0 Å². The lowest BCUT2D eigenvalue weighted by atomic mass is 10.1. The van der Waals surface area contributed by atoms with E-state index in [0.717, 1.165) is 41.2 Å². The predicted molar refractivity (Wildman–Crippen MR) is 118 cm³/mol. The minimum absolute atomic E-state index is 0.0398. The molecule has 29 heavy (non-hydrogen) atoms. The third-order valence-corrected chi connectivity index (χ3v) is 5.77. The molecule has 0 heterocycles. The van der Waals surface area contributed by atoms with E-state index in [-0.39, 0.29) is 23.7 Å². The number of amides is 2. The van der Waals surface area contributed by atoms with Gasteiger partial charge in [0.2, 0.25) is 11.8 Å². The average Bonchev–Trinajstić information content (AvgIpc) is 3.51. The fraction of sp³-hybridized carbons (Fsp3) is 0.417. The number of nitrogens with zero attached hydrogens (tertiary/aromatic N) is 1. The second-order valence-electron chi connectivity index (χ2n) is 7.75. The number of hydrogen-bond acceptors (Lipinski definition) is 3. The second kappa shape index (κ2) is 9.12. The summed E-state index contributed by atoms with van der Waals surface area (Å²) in [6, 6.07) is 14.1. The van der Waals surface area contributed by atoms with Crippen molar-refractivity contribution in [3.63, 3.8) is 0 Å². The molecule has 0 radical (unpaired) electrons. The van der Waals surface area contributed by atoms with E-state index < -0.39 is 0 Å². The summed E-state index contributed by atoms with van der Waals surface area (Å²) >= 11 is 0. The number of carbonyl (C=O) groups excluding carboxylic acids is 2. The smallest absolute Gasteiger partial charge is 0.228 e. The first kappa shape index (κ1) is 20.9. The highest BCUT2D eigenvalue weighted by molar-refractivity contribution is 6.00. The molecule has 2 unspecified atom stereocenters. The number of carbonyl (C=O) groups is 2. The van der Waals surface area contributed by atoms with Gasteiger partial charge in [0.25, 0.3) is 0 Å². The number of benzene rings is 2. The molecule has 5 heteroatoms. The van der Waals surface area contributed by atoms with E-state index in [4.69, 9.17) is 0 Å². The highest BCUT2D eigenvalue weighted by Crippen LogP contribution is 2.40. The van der Waals surface area contributed by atoms with Crippen LogP contribution < -0.4 is 15.5 Å². The van der Waals surface area contributed by atoms with Gasteiger partial charge in [0.05, 0.1) is 11.8 Å². The Balaban J connectivity index is 1.53. The Hall–Kier alpha value is -2.82. The molecule has 0 saturated heterocycles. The van der Waals surface area contributed by atoms with E-state index in [2.05, 4.69) is 35.4 Å². The van der Waals surface area contributed by atoms with Gasteiger partial charge in [0, 0.05) is 31.0 Å². The van der Waals surface area contributed by atoms with Crippen molar-refractivity contribution in [3.8, 4) is 0 Å². The third kappa shape index (κ3) is 4.97. The SMILES string of the molecule is CCN(CC)c1ccc(NC(=O)C2CC2C(=O)NCc2ccccc2C)c(C)c1. The first-order valence-electron chi connectivity index (χ1n) is 10.4. The quantitative estimate of drug-likeness (QED) is 0.711. The van der Waals surface area contributed by atoms with Gasteiger partial charge in [0.15, 0.2) is 0 Å². The summed E-state index contributed by atoms with van der Waals surface area (Å²) in [5, 5.41) is 5.97. The highest BCUT2D eigenvalue weighted by atomic mass is 16.2. The lowest BCUT2D eigenvalue weighted by molar-refractivity contribution is -0.125. The van der Waals surface area contributed by atoms with Crippen LogP contribution in [0.1, 0.15) is 37.0 Å². The van der Waals surface area contributed by atoms with Gasteiger partial charge in [-0.15, -0.1) is 0 Å². The molecule has 2 N–H and O–H groups in total. The summed E-state index contributed by atoms with van der Waals surface area (Å²) in [6.45, 7) is 10.7. The van der Waals surface area contributed by atoms with Crippen molar-refractivity contribution in [3.05, 3.63) is 59.2 Å². The molecule has 3 rings (SSSR count). The molecular formula is C24H31N3O2. The Morgan fingerprint density at radius 1 is 0.966 bits per heavy atom. The topological polar surface area (TPSA) is 61.4 Å². The van der Waals surface area contributed by atoms with Crippen LogP contribution >= 0.6 is 0 Å². The van der Waals surface area contributed by atoms with Crippen molar-refractivity contribution >= 4 is 23.2 Å². The zero-order chi connectivity index (χ0) is 21.0. The Morgan fingerprint density at radius 2 is 1.66 bits per heavy atom. The zero-order valence-corrected chi connectivity index (χ0v) is 17.8. The first-order valence-corrected chi connectivity index (χ1v) is 10.4. The lowest BCUT2D eigenvalue weighted by Gasteiger charge is -2.22. The molecular weight excluding hydrogens is 362 g/mol. The number of aryl methyl sites for hydroxylation is 2. The first-order chi connectivity index (χ1) is 13.9. The van der Waals surface area contributed by atoms with Gasteiger partial charge in [-0.3, -0.25) is 9.59 Å². The van der Waals surface area contributed by atoms with E-state index >= 15 is 0 Å². The summed E-state index contributed by atoms with van der Waals surface area (Å²) < 4.78 is 0. The van der Waals surface area contributed by atoms with Crippen LogP contribution in [0.25, 0.3) is 0 Å². The van der Waals surface area contributed by atoms with Crippen molar-refractivity contribution in [2.24, 2.45) is 11.8 Å². The second-order valence-corrected chi connectivity index (χ2v) is 7.75. The molecule has 0 bridgehead atoms. The summed E-state index contributed by atoms with van der Waals surface area (Å²) in [7, 11) is 0. The minimum Gasteiger partial charge on any atom is -0.372 e. The van der Waals surface area contributed by atoms with Gasteiger partial charge in [-0.25, -0.2) is 0 Å². The van der Waals surface area contributed by atoms with Crippen LogP contribution in [-0.4, -0.2) is 24.9 Å². The van der Waals surface area contributed by atoms with Gasteiger partial charge >= 0.3 is 0 Å². The third-order valence-electron chi connectivity index (χ3n) is 5.77. The molecule has 0 aliphatic heterocycles. The van der Waals surface area contributed by atoms with Gasteiger partial charge in [-0.05, 0) is 69.0 Å². The van der Waals surface area contributed by atoms with Crippen LogP contribution in [0.3, 0.4) is 0 Å². The largest absolute Gasteiger partial charge is 0.372 e. The molecule has 0 spiro atoms. The highest BCUT2D eigenvalue weighted by Gasteiger charge is 2.48. The number of hydrogen-bond donors (Lipinski definition) is 2. The molecule has 0 aromatic heterocycles. The predicted octanol–water partition coefficient (Wildman–Crippen LogP) is 4.04. The van der Waals surface area contributed by atoms with E-state index in [1.54, 1.807) is 0 Å². The van der Waals surface area contributed by atoms with E-state index in [9.17, 15) is 9.59 Å². The Bertz CT molecular complexity index is 889. The summed E-state index contributed by atoms with van der Waals surface area (Å²) in [4.78, 5) is 27.3. The summed E-state index contributed by atoms with van der Waals surface area (Å²) in [5.74, 6) is -0.579. The maximum Gasteiger partial charge on any atom is 0.228 e. The van der Waals surface area contributed by atoms with E-state index in [0.29, 0.717) is 13.0 Å². The van der Waals surface area contributed by atoms with Crippen molar-refractivity contribution < 1.29 is 9.59 Å². The Morgan fingerprint density at radius 3 is 2.31 bits per heavy atom. The normalized spacial score (nSPS) is 17.5. The number of nitrogens with one attached hydrogen (secondary N) is 2. The van der Waals surface area contributed by atoms with Gasteiger partial charge in [0.1, 0.15) is 0 Å². The van der Waals surface area contributed by atoms with E-state index in [1.165, 1.54) is 0 Å². The van der Waals surface area contributed by atoms with Crippen molar-refractivity contribution in [1.82, 2.24) is 5.32 Å². The molecule has 5 nitrogen and oxygen atoms in total. The molecule has 1 aliphatic rings. The Kier molecular flexibility index (Phi) is 6.57. The van der Waals surface area contributed by atoms with Crippen LogP contribution in [0, 0.1) is 25.7 Å². The fourth-order valence-corrected chi connectivity index (χ4v) is 3.70. The van der Waals surface area contributed by atoms with Crippen LogP contribution in [-0.2, 0) is 16.1 Å². The number of rotatable bonds is 8. The molecule has 1 saturated carbocycles. The molecule has 2 atom stereocenters. The molecule has 1 fully saturated rings. The van der Waals surface area contributed by atoms with Crippen LogP contribution in [0.4, 0.5) is 11.4 Å². The summed E-state index contributed by atoms with van der Waals surface area (Å²) in [6.07, 6.45) is 0.613. The molecule has 154 valence electrons. The van der Waals surface area contributed by atoms with Crippen molar-refractivity contribution in [2.45, 2.75) is 40.7 Å². The van der Waals surface area contributed by atoms with Crippen molar-refractivity contribution in [2.75, 3.05) is 23.3 Å². The minimum atomic E-state index is -0.242. The monoisotopic (exact) mass is 393 g/mol. The van der Waals surface area contributed by atoms with Gasteiger partial charge in [-0.1, -0.05) is 24.3 Å². The fourth-order valence-electron chi connectivity index (χ4n) is 3.70. The molecule has 2 amide bonds. The maximum absolute atomic E-state index is 12.6. The number of anilines is 2. The van der Waals surface area contributed by atoms with Crippen molar-refractivity contribution in [1.29, 1.82) is 0 Å². The lowest BCUT2D eigenvalue weighted by Crippen LogP contribution is -2.27.